The fourth-order valence-corrected chi connectivity index (χ4v) is 4.28. The second-order valence-electron chi connectivity index (χ2n) is 6.29. The van der Waals surface area contributed by atoms with Crippen molar-refractivity contribution in [2.75, 3.05) is 46.0 Å². The summed E-state index contributed by atoms with van der Waals surface area (Å²) in [6, 6.07) is 0. The molecule has 0 aromatic rings. The monoisotopic (exact) mass is 333 g/mol. The third-order valence-corrected chi connectivity index (χ3v) is 6.01. The van der Waals surface area contributed by atoms with Gasteiger partial charge in [-0.05, 0) is 46.3 Å². The molecule has 130 valence electrons. The summed E-state index contributed by atoms with van der Waals surface area (Å²) in [4.78, 5) is 14.2. The van der Waals surface area contributed by atoms with Crippen molar-refractivity contribution < 1.29 is 13.2 Å². The van der Waals surface area contributed by atoms with Crippen LogP contribution in [0.15, 0.2) is 0 Å². The fourth-order valence-electron chi connectivity index (χ4n) is 2.60. The lowest BCUT2D eigenvalue weighted by molar-refractivity contribution is -0.126. The van der Waals surface area contributed by atoms with Crippen molar-refractivity contribution in [2.45, 2.75) is 39.0 Å². The highest BCUT2D eigenvalue weighted by atomic mass is 32.2. The van der Waals surface area contributed by atoms with Gasteiger partial charge < -0.3 is 10.2 Å². The Labute approximate surface area is 135 Å². The molecule has 22 heavy (non-hydrogen) atoms. The smallest absolute Gasteiger partial charge is 0.223 e. The number of hydrogen-bond donors (Lipinski definition) is 1. The Balaban J connectivity index is 2.31. The average molecular weight is 333 g/mol. The molecular weight excluding hydrogens is 302 g/mol. The maximum absolute atomic E-state index is 12.1. The third-order valence-electron chi connectivity index (χ3n) is 4.06. The van der Waals surface area contributed by atoms with Crippen LogP contribution < -0.4 is 5.32 Å². The van der Waals surface area contributed by atoms with Gasteiger partial charge in [-0.2, -0.15) is 0 Å². The molecule has 1 fully saturated rings. The molecule has 0 saturated carbocycles. The summed E-state index contributed by atoms with van der Waals surface area (Å²) < 4.78 is 25.8. The molecule has 1 aliphatic rings. The Morgan fingerprint density at radius 2 is 1.86 bits per heavy atom. The first-order valence-electron chi connectivity index (χ1n) is 8.27. The van der Waals surface area contributed by atoms with Crippen molar-refractivity contribution >= 4 is 15.9 Å². The van der Waals surface area contributed by atoms with Crippen LogP contribution >= 0.6 is 0 Å². The Bertz CT molecular complexity index is 429. The molecule has 0 bridgehead atoms. The van der Waals surface area contributed by atoms with Gasteiger partial charge in [0.15, 0.2) is 0 Å². The Morgan fingerprint density at radius 1 is 1.23 bits per heavy atom. The number of sulfonamides is 1. The molecule has 7 heteroatoms. The molecule has 0 aromatic heterocycles. The molecular formula is C15H31N3O3S. The zero-order valence-electron chi connectivity index (χ0n) is 14.2. The number of nitrogens with zero attached hydrogens (tertiary/aromatic N) is 2. The van der Waals surface area contributed by atoms with E-state index in [1.165, 1.54) is 0 Å². The molecule has 1 saturated heterocycles. The maximum atomic E-state index is 12.1. The summed E-state index contributed by atoms with van der Waals surface area (Å²) in [6.45, 7) is 4.58. The van der Waals surface area contributed by atoms with Gasteiger partial charge in [-0.15, -0.1) is 0 Å². The van der Waals surface area contributed by atoms with Crippen LogP contribution in [0, 0.1) is 5.92 Å². The quantitative estimate of drug-likeness (QED) is 0.637. The lowest BCUT2D eigenvalue weighted by Crippen LogP contribution is -2.44. The molecule has 1 N–H and O–H groups in total. The average Bonchev–Trinajstić information content (AvgIpc) is 2.49. The van der Waals surface area contributed by atoms with Crippen LogP contribution in [0.2, 0.25) is 0 Å². The second-order valence-corrected chi connectivity index (χ2v) is 8.38. The highest BCUT2D eigenvalue weighted by Crippen LogP contribution is 2.20. The first-order chi connectivity index (χ1) is 10.4. The third kappa shape index (κ3) is 6.62. The molecule has 1 amide bonds. The molecule has 0 aromatic carbocycles. The van der Waals surface area contributed by atoms with Crippen molar-refractivity contribution in [3.05, 3.63) is 0 Å². The van der Waals surface area contributed by atoms with Crippen molar-refractivity contribution in [2.24, 2.45) is 5.92 Å². The van der Waals surface area contributed by atoms with E-state index in [1.54, 1.807) is 4.31 Å². The van der Waals surface area contributed by atoms with E-state index in [9.17, 15) is 13.2 Å². The molecule has 6 nitrogen and oxygen atoms in total. The van der Waals surface area contributed by atoms with E-state index in [0.29, 0.717) is 38.9 Å². The Morgan fingerprint density at radius 3 is 2.41 bits per heavy atom. The molecule has 0 atom stereocenters. The summed E-state index contributed by atoms with van der Waals surface area (Å²) in [5.74, 6) is 0.256. The zero-order valence-corrected chi connectivity index (χ0v) is 15.0. The fraction of sp³-hybridized carbons (Fsp3) is 0.933. The van der Waals surface area contributed by atoms with Crippen molar-refractivity contribution in [1.82, 2.24) is 14.5 Å². The van der Waals surface area contributed by atoms with Gasteiger partial charge in [0.2, 0.25) is 15.9 Å². The number of carbonyl (C=O) groups excluding carboxylic acids is 1. The number of carbonyl (C=O) groups is 1. The SMILES string of the molecule is CCCCS(=O)(=O)N1CCC(C(=O)NCCCN(C)C)CC1. The summed E-state index contributed by atoms with van der Waals surface area (Å²) in [5, 5.41) is 2.96. The highest BCUT2D eigenvalue weighted by molar-refractivity contribution is 7.89. The largest absolute Gasteiger partial charge is 0.356 e. The van der Waals surface area contributed by atoms with E-state index >= 15 is 0 Å². The van der Waals surface area contributed by atoms with E-state index < -0.39 is 10.0 Å². The van der Waals surface area contributed by atoms with Crippen LogP contribution in [0.5, 0.6) is 0 Å². The van der Waals surface area contributed by atoms with E-state index in [0.717, 1.165) is 19.4 Å². The van der Waals surface area contributed by atoms with Gasteiger partial charge in [0.05, 0.1) is 5.75 Å². The molecule has 0 aliphatic carbocycles. The van der Waals surface area contributed by atoms with Crippen LogP contribution in [-0.2, 0) is 14.8 Å². The minimum absolute atomic E-state index is 0.0445. The number of rotatable bonds is 9. The summed E-state index contributed by atoms with van der Waals surface area (Å²) >= 11 is 0. The van der Waals surface area contributed by atoms with E-state index in [2.05, 4.69) is 10.2 Å². The van der Waals surface area contributed by atoms with E-state index in [-0.39, 0.29) is 17.6 Å². The molecule has 1 rings (SSSR count). The topological polar surface area (TPSA) is 69.7 Å². The van der Waals surface area contributed by atoms with Crippen LogP contribution in [0.4, 0.5) is 0 Å². The molecule has 0 radical (unpaired) electrons. The van der Waals surface area contributed by atoms with Crippen LogP contribution in [0.1, 0.15) is 39.0 Å². The molecule has 0 unspecified atom stereocenters. The van der Waals surface area contributed by atoms with Crippen molar-refractivity contribution in [3.63, 3.8) is 0 Å². The predicted octanol–water partition coefficient (Wildman–Crippen LogP) is 0.896. The first kappa shape index (κ1) is 19.4. The predicted molar refractivity (Wildman–Crippen MR) is 89.2 cm³/mol. The van der Waals surface area contributed by atoms with Gasteiger partial charge in [0, 0.05) is 25.6 Å². The second kappa shape index (κ2) is 9.47. The molecule has 0 spiro atoms. The molecule has 1 aliphatic heterocycles. The molecule has 1 heterocycles. The van der Waals surface area contributed by atoms with Crippen LogP contribution in [0.25, 0.3) is 0 Å². The number of amides is 1. The van der Waals surface area contributed by atoms with Crippen LogP contribution in [0.3, 0.4) is 0 Å². The maximum Gasteiger partial charge on any atom is 0.223 e. The van der Waals surface area contributed by atoms with E-state index in [1.807, 2.05) is 21.0 Å². The number of hydrogen-bond acceptors (Lipinski definition) is 4. The van der Waals surface area contributed by atoms with Gasteiger partial charge >= 0.3 is 0 Å². The van der Waals surface area contributed by atoms with Crippen molar-refractivity contribution in [3.8, 4) is 0 Å². The minimum Gasteiger partial charge on any atom is -0.356 e. The van der Waals surface area contributed by atoms with E-state index in [4.69, 9.17) is 0 Å². The van der Waals surface area contributed by atoms with Gasteiger partial charge in [0.1, 0.15) is 0 Å². The lowest BCUT2D eigenvalue weighted by Gasteiger charge is -2.30. The van der Waals surface area contributed by atoms with Gasteiger partial charge in [-0.3, -0.25) is 4.79 Å². The first-order valence-corrected chi connectivity index (χ1v) is 9.88. The van der Waals surface area contributed by atoms with Gasteiger partial charge in [-0.25, -0.2) is 12.7 Å². The summed E-state index contributed by atoms with van der Waals surface area (Å²) in [6.07, 6.45) is 3.78. The highest BCUT2D eigenvalue weighted by Gasteiger charge is 2.30. The summed E-state index contributed by atoms with van der Waals surface area (Å²) in [7, 11) is 0.892. The normalized spacial score (nSPS) is 17.8. The summed E-state index contributed by atoms with van der Waals surface area (Å²) in [5.41, 5.74) is 0. The zero-order chi connectivity index (χ0) is 16.6. The lowest BCUT2D eigenvalue weighted by atomic mass is 9.97. The number of unbranched alkanes of at least 4 members (excludes halogenated alkanes) is 1. The van der Waals surface area contributed by atoms with Gasteiger partial charge in [0.25, 0.3) is 0 Å². The minimum atomic E-state index is -3.13. The Hall–Kier alpha value is -0.660. The van der Waals surface area contributed by atoms with Gasteiger partial charge in [-0.1, -0.05) is 13.3 Å². The Kier molecular flexibility index (Phi) is 8.35. The number of piperidine rings is 1. The van der Waals surface area contributed by atoms with Crippen molar-refractivity contribution in [1.29, 1.82) is 0 Å². The number of nitrogens with one attached hydrogen (secondary N) is 1. The standard InChI is InChI=1S/C15H31N3O3S/c1-4-5-13-22(20,21)18-11-7-14(8-12-18)15(19)16-9-6-10-17(2)3/h14H,4-13H2,1-3H3,(H,16,19). The van der Waals surface area contributed by atoms with Crippen LogP contribution in [-0.4, -0.2) is 69.6 Å².